The number of hydrogen-bond donors (Lipinski definition) is 2. The molecule has 2 heterocycles. The van der Waals surface area contributed by atoms with Gasteiger partial charge in [-0.1, -0.05) is 13.8 Å². The first-order valence-corrected chi connectivity index (χ1v) is 6.84. The summed E-state index contributed by atoms with van der Waals surface area (Å²) in [6.07, 6.45) is 0. The normalized spacial score (nSPS) is 11.0. The molecule has 2 rings (SSSR count). The van der Waals surface area contributed by atoms with E-state index in [1.54, 1.807) is 14.0 Å². The number of nitrogens with two attached hydrogens (primary N) is 1. The maximum atomic E-state index is 12.2. The van der Waals surface area contributed by atoms with Gasteiger partial charge in [0.15, 0.2) is 5.13 Å². The van der Waals surface area contributed by atoms with Gasteiger partial charge in [-0.3, -0.25) is 14.8 Å². The van der Waals surface area contributed by atoms with Crippen LogP contribution in [-0.4, -0.2) is 20.7 Å². The van der Waals surface area contributed by atoms with Crippen LogP contribution in [0, 0.1) is 6.92 Å². The number of carbonyl (C=O) groups excluding carboxylic acids is 1. The van der Waals surface area contributed by atoms with Gasteiger partial charge in [-0.25, -0.2) is 4.98 Å². The van der Waals surface area contributed by atoms with E-state index in [1.165, 1.54) is 16.0 Å². The van der Waals surface area contributed by atoms with Crippen molar-refractivity contribution in [3.63, 3.8) is 0 Å². The molecule has 0 atom stereocenters. The largest absolute Gasteiger partial charge is 0.395 e. The highest BCUT2D eigenvalue weighted by molar-refractivity contribution is 7.14. The fourth-order valence-electron chi connectivity index (χ4n) is 1.71. The van der Waals surface area contributed by atoms with Gasteiger partial charge in [0.25, 0.3) is 5.91 Å². The van der Waals surface area contributed by atoms with Crippen LogP contribution in [0.2, 0.25) is 0 Å². The Bertz CT molecular complexity index is 614. The molecule has 3 N–H and O–H groups in total. The Morgan fingerprint density at radius 3 is 2.68 bits per heavy atom. The van der Waals surface area contributed by atoms with E-state index >= 15 is 0 Å². The number of anilines is 2. The summed E-state index contributed by atoms with van der Waals surface area (Å²) >= 11 is 1.41. The molecule has 1 amide bonds. The number of nitrogens with one attached hydrogen (secondary N) is 1. The maximum absolute atomic E-state index is 12.2. The summed E-state index contributed by atoms with van der Waals surface area (Å²) in [5.41, 5.74) is 8.23. The van der Waals surface area contributed by atoms with Crippen LogP contribution < -0.4 is 11.1 Å². The number of thiazole rings is 1. The van der Waals surface area contributed by atoms with Crippen LogP contribution in [0.5, 0.6) is 0 Å². The molecule has 0 radical (unpaired) electrons. The lowest BCUT2D eigenvalue weighted by Gasteiger charge is -2.03. The topological polar surface area (TPSA) is 85.8 Å². The van der Waals surface area contributed by atoms with Crippen molar-refractivity contribution < 1.29 is 4.79 Å². The number of aromatic nitrogens is 3. The number of amides is 1. The maximum Gasteiger partial charge on any atom is 0.277 e. The minimum absolute atomic E-state index is 0.287. The fraction of sp³-hybridized carbons (Fsp3) is 0.417. The van der Waals surface area contributed by atoms with Crippen molar-refractivity contribution in [2.24, 2.45) is 7.05 Å². The number of hydrogen-bond acceptors (Lipinski definition) is 5. The molecule has 0 aromatic carbocycles. The molecule has 2 aromatic rings. The average molecular weight is 279 g/mol. The molecular weight excluding hydrogens is 262 g/mol. The SMILES string of the molecule is Cc1nn(C)c(C(=O)Nc2nc(C(C)C)cs2)c1N. The van der Waals surface area contributed by atoms with Crippen molar-refractivity contribution in [2.75, 3.05) is 11.1 Å². The molecule has 0 saturated heterocycles. The van der Waals surface area contributed by atoms with Gasteiger partial charge in [0.2, 0.25) is 0 Å². The van der Waals surface area contributed by atoms with Gasteiger partial charge in [0, 0.05) is 12.4 Å². The number of nitrogen functional groups attached to an aromatic ring is 1. The van der Waals surface area contributed by atoms with Crippen LogP contribution in [0.3, 0.4) is 0 Å². The van der Waals surface area contributed by atoms with Gasteiger partial charge < -0.3 is 5.73 Å². The van der Waals surface area contributed by atoms with Crippen LogP contribution in [0.1, 0.15) is 41.6 Å². The Hall–Kier alpha value is -1.89. The molecule has 0 aliphatic rings. The molecule has 0 saturated carbocycles. The summed E-state index contributed by atoms with van der Waals surface area (Å²) < 4.78 is 1.48. The van der Waals surface area contributed by atoms with E-state index in [-0.39, 0.29) is 5.91 Å². The summed E-state index contributed by atoms with van der Waals surface area (Å²) in [5.74, 6) is 0.0520. The van der Waals surface area contributed by atoms with Gasteiger partial charge in [-0.05, 0) is 12.8 Å². The van der Waals surface area contributed by atoms with Crippen molar-refractivity contribution in [1.29, 1.82) is 0 Å². The molecule has 0 fully saturated rings. The lowest BCUT2D eigenvalue weighted by atomic mass is 10.2. The first-order chi connectivity index (χ1) is 8.90. The highest BCUT2D eigenvalue weighted by Crippen LogP contribution is 2.23. The Balaban J connectivity index is 2.21. The first kappa shape index (κ1) is 13.5. The molecule has 2 aromatic heterocycles. The zero-order valence-electron chi connectivity index (χ0n) is 11.4. The van der Waals surface area contributed by atoms with Crippen LogP contribution >= 0.6 is 11.3 Å². The minimum atomic E-state index is -0.287. The first-order valence-electron chi connectivity index (χ1n) is 5.96. The van der Waals surface area contributed by atoms with E-state index in [1.807, 2.05) is 5.38 Å². The Morgan fingerprint density at radius 1 is 1.53 bits per heavy atom. The molecule has 7 heteroatoms. The third-order valence-electron chi connectivity index (χ3n) is 2.82. The van der Waals surface area contributed by atoms with Gasteiger partial charge in [0.05, 0.1) is 17.1 Å². The van der Waals surface area contributed by atoms with Gasteiger partial charge in [0.1, 0.15) is 5.69 Å². The van der Waals surface area contributed by atoms with Gasteiger partial charge in [-0.2, -0.15) is 5.10 Å². The lowest BCUT2D eigenvalue weighted by molar-refractivity contribution is 0.101. The van der Waals surface area contributed by atoms with Crippen LogP contribution in [0.4, 0.5) is 10.8 Å². The predicted molar refractivity (Wildman–Crippen MR) is 76.5 cm³/mol. The van der Waals surface area contributed by atoms with Gasteiger partial charge in [-0.15, -0.1) is 11.3 Å². The molecule has 0 unspecified atom stereocenters. The number of nitrogens with zero attached hydrogens (tertiary/aromatic N) is 3. The highest BCUT2D eigenvalue weighted by atomic mass is 32.1. The molecule has 0 spiro atoms. The number of rotatable bonds is 3. The van der Waals surface area contributed by atoms with Crippen LogP contribution in [0.15, 0.2) is 5.38 Å². The van der Waals surface area contributed by atoms with E-state index < -0.39 is 0 Å². The summed E-state index contributed by atoms with van der Waals surface area (Å²) in [7, 11) is 1.69. The third kappa shape index (κ3) is 2.60. The highest BCUT2D eigenvalue weighted by Gasteiger charge is 2.19. The summed E-state index contributed by atoms with van der Waals surface area (Å²) in [6, 6.07) is 0. The van der Waals surface area contributed by atoms with E-state index in [9.17, 15) is 4.79 Å². The van der Waals surface area contributed by atoms with Crippen LogP contribution in [-0.2, 0) is 7.05 Å². The van der Waals surface area contributed by atoms with Crippen molar-refractivity contribution in [2.45, 2.75) is 26.7 Å². The summed E-state index contributed by atoms with van der Waals surface area (Å²) in [5, 5.41) is 9.40. The van der Waals surface area contributed by atoms with Crippen molar-refractivity contribution >= 4 is 28.1 Å². The molecule has 0 aliphatic heterocycles. The second-order valence-corrected chi connectivity index (χ2v) is 5.52. The van der Waals surface area contributed by atoms with Crippen molar-refractivity contribution in [3.8, 4) is 0 Å². The number of carbonyl (C=O) groups is 1. The quantitative estimate of drug-likeness (QED) is 0.901. The number of aryl methyl sites for hydroxylation is 2. The molecule has 0 aliphatic carbocycles. The zero-order valence-corrected chi connectivity index (χ0v) is 12.2. The molecule has 19 heavy (non-hydrogen) atoms. The molecule has 6 nitrogen and oxygen atoms in total. The Labute approximate surface area is 115 Å². The van der Waals surface area contributed by atoms with E-state index in [4.69, 9.17) is 5.73 Å². The smallest absolute Gasteiger partial charge is 0.277 e. The lowest BCUT2D eigenvalue weighted by Crippen LogP contribution is -2.17. The zero-order chi connectivity index (χ0) is 14.2. The minimum Gasteiger partial charge on any atom is -0.395 e. The van der Waals surface area contributed by atoms with Crippen LogP contribution in [0.25, 0.3) is 0 Å². The van der Waals surface area contributed by atoms with E-state index in [0.717, 1.165) is 5.69 Å². The van der Waals surface area contributed by atoms with Crippen molar-refractivity contribution in [3.05, 3.63) is 22.5 Å². The fourth-order valence-corrected chi connectivity index (χ4v) is 2.58. The van der Waals surface area contributed by atoms with E-state index in [0.29, 0.717) is 28.1 Å². The molecular formula is C12H17N5OS. The monoisotopic (exact) mass is 279 g/mol. The second kappa shape index (κ2) is 5.00. The summed E-state index contributed by atoms with van der Waals surface area (Å²) in [6.45, 7) is 5.89. The molecule has 0 bridgehead atoms. The third-order valence-corrected chi connectivity index (χ3v) is 3.59. The van der Waals surface area contributed by atoms with E-state index in [2.05, 4.69) is 29.2 Å². The Kier molecular flexibility index (Phi) is 3.57. The van der Waals surface area contributed by atoms with Crippen molar-refractivity contribution in [1.82, 2.24) is 14.8 Å². The molecule has 102 valence electrons. The van der Waals surface area contributed by atoms with Gasteiger partial charge >= 0.3 is 0 Å². The summed E-state index contributed by atoms with van der Waals surface area (Å²) in [4.78, 5) is 16.5. The Morgan fingerprint density at radius 2 is 2.21 bits per heavy atom. The second-order valence-electron chi connectivity index (χ2n) is 4.66. The average Bonchev–Trinajstić information content (AvgIpc) is 2.85. The standard InChI is InChI=1S/C12H17N5OS/c1-6(2)8-5-19-12(14-8)15-11(18)10-9(13)7(3)16-17(10)4/h5-6H,13H2,1-4H3,(H,14,15,18). The predicted octanol–water partition coefficient (Wildman–Crippen LogP) is 2.14.